The third-order valence-corrected chi connectivity index (χ3v) is 5.50. The summed E-state index contributed by atoms with van der Waals surface area (Å²) in [6, 6.07) is -0.162. The highest BCUT2D eigenvalue weighted by Crippen LogP contribution is 2.12. The zero-order valence-electron chi connectivity index (χ0n) is 15.8. The maximum absolute atomic E-state index is 12.7. The highest BCUT2D eigenvalue weighted by Gasteiger charge is 2.26. The molecule has 0 aromatic rings. The first kappa shape index (κ1) is 19.6. The standard InChI is InChI=1S/C18H36N4O2/c1-16(18(24)22-8-6-4-5-7-9-22)20(3)14-17(23)15-21-12-10-19(2)11-13-21/h16-17,23H,4-15H2,1-3H3. The molecule has 0 radical (unpaired) electrons. The van der Waals surface area contributed by atoms with E-state index < -0.39 is 6.10 Å². The van der Waals surface area contributed by atoms with Crippen molar-refractivity contribution in [3.05, 3.63) is 0 Å². The molecule has 0 aliphatic carbocycles. The number of carbonyl (C=O) groups is 1. The van der Waals surface area contributed by atoms with Crippen LogP contribution >= 0.6 is 0 Å². The minimum atomic E-state index is -0.405. The number of hydrogen-bond acceptors (Lipinski definition) is 5. The molecule has 2 fully saturated rings. The van der Waals surface area contributed by atoms with Crippen LogP contribution in [0, 0.1) is 0 Å². The zero-order chi connectivity index (χ0) is 17.5. The summed E-state index contributed by atoms with van der Waals surface area (Å²) in [4.78, 5) is 21.3. The lowest BCUT2D eigenvalue weighted by molar-refractivity contribution is -0.136. The summed E-state index contributed by atoms with van der Waals surface area (Å²) in [7, 11) is 4.09. The maximum atomic E-state index is 12.7. The lowest BCUT2D eigenvalue weighted by atomic mass is 10.2. The first-order chi connectivity index (χ1) is 11.5. The van der Waals surface area contributed by atoms with Gasteiger partial charge in [0.25, 0.3) is 0 Å². The normalized spacial score (nSPS) is 24.0. The van der Waals surface area contributed by atoms with E-state index in [-0.39, 0.29) is 11.9 Å². The summed E-state index contributed by atoms with van der Waals surface area (Å²) < 4.78 is 0. The minimum absolute atomic E-state index is 0.162. The van der Waals surface area contributed by atoms with Crippen molar-refractivity contribution < 1.29 is 9.90 Å². The molecule has 24 heavy (non-hydrogen) atoms. The Kier molecular flexibility index (Phi) is 7.94. The maximum Gasteiger partial charge on any atom is 0.239 e. The Bertz CT molecular complexity index is 377. The van der Waals surface area contributed by atoms with Crippen LogP contribution in [0.4, 0.5) is 0 Å². The van der Waals surface area contributed by atoms with Crippen molar-refractivity contribution in [1.82, 2.24) is 19.6 Å². The molecule has 2 atom stereocenters. The molecule has 0 spiro atoms. The smallest absolute Gasteiger partial charge is 0.239 e. The van der Waals surface area contributed by atoms with E-state index in [9.17, 15) is 9.90 Å². The van der Waals surface area contributed by atoms with E-state index in [0.717, 1.165) is 52.1 Å². The van der Waals surface area contributed by atoms with E-state index in [2.05, 4.69) is 16.8 Å². The molecule has 2 aliphatic rings. The number of hydrogen-bond donors (Lipinski definition) is 1. The van der Waals surface area contributed by atoms with Crippen molar-refractivity contribution in [1.29, 1.82) is 0 Å². The number of likely N-dealkylation sites (N-methyl/N-ethyl adjacent to an activating group) is 2. The summed E-state index contributed by atoms with van der Waals surface area (Å²) in [6.07, 6.45) is 4.30. The number of amides is 1. The average Bonchev–Trinajstić information content (AvgIpc) is 2.84. The number of rotatable bonds is 6. The second-order valence-electron chi connectivity index (χ2n) is 7.61. The van der Waals surface area contributed by atoms with Gasteiger partial charge < -0.3 is 14.9 Å². The molecule has 2 unspecified atom stereocenters. The SMILES string of the molecule is CC(C(=O)N1CCCCCC1)N(C)CC(O)CN1CCN(C)CC1. The molecule has 2 heterocycles. The average molecular weight is 341 g/mol. The number of carbonyl (C=O) groups excluding carboxylic acids is 1. The van der Waals surface area contributed by atoms with Crippen LogP contribution in [-0.2, 0) is 4.79 Å². The lowest BCUT2D eigenvalue weighted by Crippen LogP contribution is -2.51. The molecule has 1 amide bonds. The molecule has 0 aromatic heterocycles. The predicted octanol–water partition coefficient (Wildman–Crippen LogP) is 0.318. The van der Waals surface area contributed by atoms with Crippen molar-refractivity contribution >= 4 is 5.91 Å². The van der Waals surface area contributed by atoms with E-state index in [1.54, 1.807) is 0 Å². The van der Waals surface area contributed by atoms with Crippen molar-refractivity contribution in [2.75, 3.05) is 66.5 Å². The number of aliphatic hydroxyl groups excluding tert-OH is 1. The van der Waals surface area contributed by atoms with Gasteiger partial charge in [0, 0.05) is 52.4 Å². The van der Waals surface area contributed by atoms with Gasteiger partial charge in [-0.3, -0.25) is 14.6 Å². The molecule has 0 bridgehead atoms. The molecule has 6 nitrogen and oxygen atoms in total. The topological polar surface area (TPSA) is 50.3 Å². The number of aliphatic hydroxyl groups is 1. The van der Waals surface area contributed by atoms with E-state index in [4.69, 9.17) is 0 Å². The molecular formula is C18H36N4O2. The van der Waals surface area contributed by atoms with Crippen LogP contribution in [0.15, 0.2) is 0 Å². The quantitative estimate of drug-likeness (QED) is 0.755. The van der Waals surface area contributed by atoms with Crippen molar-refractivity contribution in [3.63, 3.8) is 0 Å². The third-order valence-electron chi connectivity index (χ3n) is 5.50. The molecule has 0 aromatic carbocycles. The van der Waals surface area contributed by atoms with Gasteiger partial charge in [0.15, 0.2) is 0 Å². The summed E-state index contributed by atoms with van der Waals surface area (Å²) in [5, 5.41) is 10.4. The van der Waals surface area contributed by atoms with E-state index in [0.29, 0.717) is 13.1 Å². The molecule has 0 saturated carbocycles. The second-order valence-corrected chi connectivity index (χ2v) is 7.61. The molecule has 2 aliphatic heterocycles. The van der Waals surface area contributed by atoms with Crippen molar-refractivity contribution in [2.24, 2.45) is 0 Å². The minimum Gasteiger partial charge on any atom is -0.390 e. The van der Waals surface area contributed by atoms with Crippen LogP contribution in [0.1, 0.15) is 32.6 Å². The first-order valence-electron chi connectivity index (χ1n) is 9.55. The second kappa shape index (κ2) is 9.70. The molecule has 140 valence electrons. The largest absolute Gasteiger partial charge is 0.390 e. The molecular weight excluding hydrogens is 304 g/mol. The third kappa shape index (κ3) is 5.99. The van der Waals surface area contributed by atoms with Gasteiger partial charge in [0.1, 0.15) is 0 Å². The Morgan fingerprint density at radius 2 is 1.62 bits per heavy atom. The number of β-amino-alcohol motifs (C(OH)–C–C–N with tert-alkyl or cyclic N) is 1. The Hall–Kier alpha value is -0.690. The zero-order valence-corrected chi connectivity index (χ0v) is 15.8. The summed E-state index contributed by atoms with van der Waals surface area (Å²) >= 11 is 0. The Balaban J connectivity index is 1.75. The summed E-state index contributed by atoms with van der Waals surface area (Å²) in [5.41, 5.74) is 0. The van der Waals surface area contributed by atoms with E-state index in [1.165, 1.54) is 12.8 Å². The van der Waals surface area contributed by atoms with Crippen LogP contribution in [0.2, 0.25) is 0 Å². The fraction of sp³-hybridized carbons (Fsp3) is 0.944. The first-order valence-corrected chi connectivity index (χ1v) is 9.55. The van der Waals surface area contributed by atoms with Crippen LogP contribution in [-0.4, -0.2) is 109 Å². The highest BCUT2D eigenvalue weighted by atomic mass is 16.3. The van der Waals surface area contributed by atoms with Gasteiger partial charge >= 0.3 is 0 Å². The molecule has 2 rings (SSSR count). The fourth-order valence-corrected chi connectivity index (χ4v) is 3.62. The molecule has 2 saturated heterocycles. The van der Waals surface area contributed by atoms with Crippen LogP contribution in [0.25, 0.3) is 0 Å². The van der Waals surface area contributed by atoms with E-state index in [1.807, 2.05) is 23.8 Å². The fourth-order valence-electron chi connectivity index (χ4n) is 3.62. The Morgan fingerprint density at radius 1 is 1.04 bits per heavy atom. The molecule has 6 heteroatoms. The van der Waals surface area contributed by atoms with Crippen LogP contribution < -0.4 is 0 Å². The van der Waals surface area contributed by atoms with E-state index >= 15 is 0 Å². The van der Waals surface area contributed by atoms with Gasteiger partial charge in [-0.15, -0.1) is 0 Å². The predicted molar refractivity (Wildman–Crippen MR) is 97.1 cm³/mol. The van der Waals surface area contributed by atoms with Crippen molar-refractivity contribution in [3.8, 4) is 0 Å². The van der Waals surface area contributed by atoms with Crippen LogP contribution in [0.5, 0.6) is 0 Å². The summed E-state index contributed by atoms with van der Waals surface area (Å²) in [5.74, 6) is 0.214. The Labute approximate surface area is 147 Å². The van der Waals surface area contributed by atoms with Gasteiger partial charge in [-0.1, -0.05) is 12.8 Å². The van der Waals surface area contributed by atoms with Crippen LogP contribution in [0.3, 0.4) is 0 Å². The molecule has 1 N–H and O–H groups in total. The number of nitrogens with zero attached hydrogens (tertiary/aromatic N) is 4. The van der Waals surface area contributed by atoms with Gasteiger partial charge in [0.05, 0.1) is 12.1 Å². The number of piperazine rings is 1. The Morgan fingerprint density at radius 3 is 2.21 bits per heavy atom. The monoisotopic (exact) mass is 340 g/mol. The van der Waals surface area contributed by atoms with Gasteiger partial charge in [-0.2, -0.15) is 0 Å². The lowest BCUT2D eigenvalue weighted by Gasteiger charge is -2.35. The van der Waals surface area contributed by atoms with Gasteiger partial charge in [-0.05, 0) is 33.9 Å². The van der Waals surface area contributed by atoms with Gasteiger partial charge in [-0.25, -0.2) is 0 Å². The summed E-state index contributed by atoms with van der Waals surface area (Å²) in [6.45, 7) is 9.14. The highest BCUT2D eigenvalue weighted by molar-refractivity contribution is 5.81. The number of likely N-dealkylation sites (tertiary alicyclic amines) is 1. The van der Waals surface area contributed by atoms with Crippen molar-refractivity contribution in [2.45, 2.75) is 44.8 Å². The van der Waals surface area contributed by atoms with Gasteiger partial charge in [0.2, 0.25) is 5.91 Å².